The van der Waals surface area contributed by atoms with Crippen molar-refractivity contribution >= 4 is 28.2 Å². The highest BCUT2D eigenvalue weighted by Crippen LogP contribution is 2.32. The smallest absolute Gasteiger partial charge is 0.147 e. The van der Waals surface area contributed by atoms with Crippen molar-refractivity contribution in [1.29, 1.82) is 0 Å². The molecule has 2 aromatic rings. The number of phenolic OH excluding ortho intramolecular Hbond substituents is 1. The molecule has 2 rings (SSSR count). The molecule has 2 N–H and O–H groups in total. The SMILES string of the molecule is Oc1c(NCl)ccc2ccccc12. The molecule has 0 atom stereocenters. The molecule has 3 heteroatoms. The van der Waals surface area contributed by atoms with Crippen LogP contribution in [0.4, 0.5) is 5.69 Å². The predicted octanol–water partition coefficient (Wildman–Crippen LogP) is 3.11. The lowest BCUT2D eigenvalue weighted by molar-refractivity contribution is 0.484. The molecule has 2 aromatic carbocycles. The Labute approximate surface area is 80.9 Å². The summed E-state index contributed by atoms with van der Waals surface area (Å²) in [4.78, 5) is 2.41. The second-order valence-electron chi connectivity index (χ2n) is 2.78. The molecule has 0 heterocycles. The molecule has 0 unspecified atom stereocenters. The van der Waals surface area contributed by atoms with Gasteiger partial charge < -0.3 is 5.11 Å². The average molecular weight is 194 g/mol. The number of aromatic hydroxyl groups is 1. The van der Waals surface area contributed by atoms with Gasteiger partial charge in [0.25, 0.3) is 0 Å². The monoisotopic (exact) mass is 193 g/mol. The summed E-state index contributed by atoms with van der Waals surface area (Å²) in [6.45, 7) is 0. The number of anilines is 1. The van der Waals surface area contributed by atoms with Gasteiger partial charge in [-0.25, -0.2) is 0 Å². The summed E-state index contributed by atoms with van der Waals surface area (Å²) in [6.07, 6.45) is 0. The fourth-order valence-corrected chi connectivity index (χ4v) is 1.48. The molecule has 2 nitrogen and oxygen atoms in total. The van der Waals surface area contributed by atoms with Gasteiger partial charge in [0.05, 0.1) is 5.69 Å². The fourth-order valence-electron chi connectivity index (χ4n) is 1.33. The Bertz CT molecular complexity index is 442. The Hall–Kier alpha value is -1.41. The van der Waals surface area contributed by atoms with E-state index in [9.17, 15) is 5.11 Å². The van der Waals surface area contributed by atoms with E-state index in [2.05, 4.69) is 4.84 Å². The summed E-state index contributed by atoms with van der Waals surface area (Å²) in [5, 5.41) is 11.5. The zero-order chi connectivity index (χ0) is 9.26. The molecule has 0 aromatic heterocycles. The molecule has 0 amide bonds. The summed E-state index contributed by atoms with van der Waals surface area (Å²) >= 11 is 5.42. The highest BCUT2D eigenvalue weighted by Gasteiger charge is 2.03. The number of rotatable bonds is 1. The van der Waals surface area contributed by atoms with Crippen LogP contribution in [0.15, 0.2) is 36.4 Å². The van der Waals surface area contributed by atoms with Crippen LogP contribution >= 0.6 is 11.8 Å². The average Bonchev–Trinajstić information content (AvgIpc) is 2.19. The first kappa shape index (κ1) is 8.20. The van der Waals surface area contributed by atoms with Crippen molar-refractivity contribution in [2.24, 2.45) is 0 Å². The third-order valence-electron chi connectivity index (χ3n) is 2.00. The normalized spacial score (nSPS) is 10.2. The van der Waals surface area contributed by atoms with E-state index in [1.807, 2.05) is 30.3 Å². The molecule has 0 spiro atoms. The first-order valence-electron chi connectivity index (χ1n) is 3.90. The van der Waals surface area contributed by atoms with Gasteiger partial charge in [-0.1, -0.05) is 30.3 Å². The van der Waals surface area contributed by atoms with Crippen LogP contribution in [0.1, 0.15) is 0 Å². The van der Waals surface area contributed by atoms with Crippen molar-refractivity contribution in [1.82, 2.24) is 0 Å². The Morgan fingerprint density at radius 3 is 2.62 bits per heavy atom. The van der Waals surface area contributed by atoms with Crippen LogP contribution in [0, 0.1) is 0 Å². The van der Waals surface area contributed by atoms with E-state index in [1.165, 1.54) is 0 Å². The highest BCUT2D eigenvalue weighted by atomic mass is 35.5. The number of hydrogen-bond donors (Lipinski definition) is 2. The van der Waals surface area contributed by atoms with Crippen molar-refractivity contribution in [3.8, 4) is 5.75 Å². The number of benzene rings is 2. The van der Waals surface area contributed by atoms with Gasteiger partial charge in [0.2, 0.25) is 0 Å². The predicted molar refractivity (Wildman–Crippen MR) is 55.1 cm³/mol. The zero-order valence-corrected chi connectivity index (χ0v) is 7.55. The highest BCUT2D eigenvalue weighted by molar-refractivity contribution is 6.24. The summed E-state index contributed by atoms with van der Waals surface area (Å²) in [6, 6.07) is 11.2. The molecule has 13 heavy (non-hydrogen) atoms. The largest absolute Gasteiger partial charge is 0.505 e. The van der Waals surface area contributed by atoms with Crippen LogP contribution in [0.25, 0.3) is 10.8 Å². The molecule has 66 valence electrons. The molecular weight excluding hydrogens is 186 g/mol. The van der Waals surface area contributed by atoms with Crippen LogP contribution in [0.3, 0.4) is 0 Å². The molecule has 0 saturated carbocycles. The topological polar surface area (TPSA) is 32.3 Å². The maximum absolute atomic E-state index is 9.70. The molecule has 0 aliphatic heterocycles. The Balaban J connectivity index is 2.79. The summed E-state index contributed by atoms with van der Waals surface area (Å²) in [5.74, 6) is 0.188. The van der Waals surface area contributed by atoms with Gasteiger partial charge in [-0.15, -0.1) is 0 Å². The molecule has 0 fully saturated rings. The van der Waals surface area contributed by atoms with Crippen LogP contribution in [0.5, 0.6) is 5.75 Å². The fraction of sp³-hybridized carbons (Fsp3) is 0. The summed E-state index contributed by atoms with van der Waals surface area (Å²) in [5.41, 5.74) is 0.528. The molecule has 0 bridgehead atoms. The minimum Gasteiger partial charge on any atom is -0.505 e. The number of phenols is 1. The second-order valence-corrected chi connectivity index (χ2v) is 2.97. The van der Waals surface area contributed by atoms with Gasteiger partial charge in [0.15, 0.2) is 0 Å². The quantitative estimate of drug-likeness (QED) is 0.539. The van der Waals surface area contributed by atoms with E-state index in [4.69, 9.17) is 11.8 Å². The Morgan fingerprint density at radius 1 is 1.08 bits per heavy atom. The Kier molecular flexibility index (Phi) is 1.99. The molecule has 0 aliphatic rings. The number of nitrogens with one attached hydrogen (secondary N) is 1. The van der Waals surface area contributed by atoms with E-state index in [1.54, 1.807) is 6.07 Å². The van der Waals surface area contributed by atoms with Crippen LogP contribution < -0.4 is 4.84 Å². The number of hydrogen-bond acceptors (Lipinski definition) is 2. The second kappa shape index (κ2) is 3.15. The third-order valence-corrected chi connectivity index (χ3v) is 2.21. The Morgan fingerprint density at radius 2 is 1.85 bits per heavy atom. The van der Waals surface area contributed by atoms with Crippen LogP contribution in [0.2, 0.25) is 0 Å². The summed E-state index contributed by atoms with van der Waals surface area (Å²) < 4.78 is 0. The van der Waals surface area contributed by atoms with Crippen molar-refractivity contribution in [3.63, 3.8) is 0 Å². The zero-order valence-electron chi connectivity index (χ0n) is 6.79. The van der Waals surface area contributed by atoms with Gasteiger partial charge in [-0.3, -0.25) is 4.84 Å². The van der Waals surface area contributed by atoms with E-state index >= 15 is 0 Å². The lowest BCUT2D eigenvalue weighted by Gasteiger charge is -2.05. The molecule has 0 saturated heterocycles. The van der Waals surface area contributed by atoms with Crippen molar-refractivity contribution in [3.05, 3.63) is 36.4 Å². The molecule has 0 radical (unpaired) electrons. The first-order valence-corrected chi connectivity index (χ1v) is 4.28. The van der Waals surface area contributed by atoms with E-state index in [-0.39, 0.29) is 5.75 Å². The van der Waals surface area contributed by atoms with Crippen molar-refractivity contribution in [2.45, 2.75) is 0 Å². The van der Waals surface area contributed by atoms with Gasteiger partial charge in [-0.05, 0) is 11.5 Å². The van der Waals surface area contributed by atoms with Crippen molar-refractivity contribution in [2.75, 3.05) is 4.84 Å². The van der Waals surface area contributed by atoms with Gasteiger partial charge >= 0.3 is 0 Å². The maximum atomic E-state index is 9.70. The minimum atomic E-state index is 0.188. The lowest BCUT2D eigenvalue weighted by atomic mass is 10.1. The number of fused-ring (bicyclic) bond motifs is 1. The minimum absolute atomic E-state index is 0.188. The van der Waals surface area contributed by atoms with E-state index in [0.717, 1.165) is 10.8 Å². The molecular formula is C10H8ClNO. The van der Waals surface area contributed by atoms with E-state index < -0.39 is 0 Å². The first-order chi connectivity index (χ1) is 6.33. The van der Waals surface area contributed by atoms with Gasteiger partial charge in [-0.2, -0.15) is 0 Å². The number of halogens is 1. The molecule has 0 aliphatic carbocycles. The maximum Gasteiger partial charge on any atom is 0.147 e. The standard InChI is InChI=1S/C10H8ClNO/c11-12-9-6-5-7-3-1-2-4-8(7)10(9)13/h1-6,12-13H. The third kappa shape index (κ3) is 1.29. The van der Waals surface area contributed by atoms with Gasteiger partial charge in [0.1, 0.15) is 5.75 Å². The summed E-state index contributed by atoms with van der Waals surface area (Å²) in [7, 11) is 0. The van der Waals surface area contributed by atoms with Crippen LogP contribution in [-0.4, -0.2) is 5.11 Å². The van der Waals surface area contributed by atoms with Crippen LogP contribution in [-0.2, 0) is 0 Å². The van der Waals surface area contributed by atoms with Gasteiger partial charge in [0, 0.05) is 17.2 Å². The lowest BCUT2D eigenvalue weighted by Crippen LogP contribution is -1.82. The van der Waals surface area contributed by atoms with E-state index in [0.29, 0.717) is 5.69 Å². The van der Waals surface area contributed by atoms with Crippen molar-refractivity contribution < 1.29 is 5.11 Å².